The van der Waals surface area contributed by atoms with Crippen LogP contribution in [0.3, 0.4) is 0 Å². The molecule has 1 aliphatic carbocycles. The van der Waals surface area contributed by atoms with Crippen molar-refractivity contribution in [3.8, 4) is 0 Å². The molecule has 0 atom stereocenters. The fourth-order valence-corrected chi connectivity index (χ4v) is 1.18. The third-order valence-corrected chi connectivity index (χ3v) is 1.88. The minimum absolute atomic E-state index is 0. The van der Waals surface area contributed by atoms with Gasteiger partial charge in [0.15, 0.2) is 0 Å². The van der Waals surface area contributed by atoms with Crippen LogP contribution in [0.2, 0.25) is 0 Å². The number of hydrogen-bond acceptors (Lipinski definition) is 3. The maximum absolute atomic E-state index is 10.6. The Morgan fingerprint density at radius 1 is 1.36 bits per heavy atom. The van der Waals surface area contributed by atoms with E-state index < -0.39 is 5.97 Å². The predicted octanol–water partition coefficient (Wildman–Crippen LogP) is -3.50. The summed E-state index contributed by atoms with van der Waals surface area (Å²) in [5.74, 6) is -1.21. The smallest absolute Gasteiger partial charge is 0.550 e. The fraction of sp³-hybridized carbons (Fsp3) is 0.714. The first-order valence-electron chi connectivity index (χ1n) is 3.42. The zero-order valence-corrected chi connectivity index (χ0v) is 6.63. The van der Waals surface area contributed by atoms with Gasteiger partial charge in [-0.3, -0.25) is 4.79 Å². The first kappa shape index (κ1) is 10.7. The van der Waals surface area contributed by atoms with Gasteiger partial charge in [-0.2, -0.15) is 0 Å². The molecule has 0 aliphatic heterocycles. The van der Waals surface area contributed by atoms with E-state index in [2.05, 4.69) is 0 Å². The van der Waals surface area contributed by atoms with E-state index in [1.54, 1.807) is 0 Å². The molecule has 0 unspecified atom stereocenters. The molecule has 0 amide bonds. The van der Waals surface area contributed by atoms with Gasteiger partial charge in [-0.05, 0) is 18.8 Å². The number of carbonyl (C=O) groups is 2. The number of hydrogen-bond donors (Lipinski definition) is 0. The molecule has 3 nitrogen and oxygen atoms in total. The summed E-state index contributed by atoms with van der Waals surface area (Å²) in [7, 11) is 0. The van der Waals surface area contributed by atoms with E-state index in [-0.39, 0.29) is 30.6 Å². The molecule has 0 saturated heterocycles. The Morgan fingerprint density at radius 3 is 2.18 bits per heavy atom. The topological polar surface area (TPSA) is 57.2 Å². The van der Waals surface area contributed by atoms with Gasteiger partial charge >= 0.3 is 18.9 Å². The van der Waals surface area contributed by atoms with E-state index in [1.807, 2.05) is 0 Å². The van der Waals surface area contributed by atoms with Gasteiger partial charge < -0.3 is 9.90 Å². The molecule has 1 aliphatic rings. The second kappa shape index (κ2) is 4.58. The SMILES string of the molecule is O=C1CCC(C(=O)[O-])CC1.[Li+]. The maximum Gasteiger partial charge on any atom is 1.00 e. The fourth-order valence-electron chi connectivity index (χ4n) is 1.18. The van der Waals surface area contributed by atoms with E-state index in [0.717, 1.165) is 0 Å². The Hall–Kier alpha value is -0.263. The van der Waals surface area contributed by atoms with Crippen LogP contribution in [0.5, 0.6) is 0 Å². The number of rotatable bonds is 1. The van der Waals surface area contributed by atoms with Gasteiger partial charge in [-0.15, -0.1) is 0 Å². The third kappa shape index (κ3) is 3.09. The minimum Gasteiger partial charge on any atom is -0.550 e. The van der Waals surface area contributed by atoms with Gasteiger partial charge in [0.05, 0.1) is 0 Å². The van der Waals surface area contributed by atoms with Gasteiger partial charge in [-0.25, -0.2) is 0 Å². The third-order valence-electron chi connectivity index (χ3n) is 1.88. The number of aliphatic carboxylic acids is 1. The van der Waals surface area contributed by atoms with Crippen LogP contribution >= 0.6 is 0 Å². The van der Waals surface area contributed by atoms with E-state index >= 15 is 0 Å². The van der Waals surface area contributed by atoms with Crippen LogP contribution in [0.15, 0.2) is 0 Å². The van der Waals surface area contributed by atoms with Crippen molar-refractivity contribution >= 4 is 11.8 Å². The van der Waals surface area contributed by atoms with Crippen LogP contribution in [0, 0.1) is 5.92 Å². The van der Waals surface area contributed by atoms with Crippen molar-refractivity contribution in [1.82, 2.24) is 0 Å². The Labute approximate surface area is 77.3 Å². The van der Waals surface area contributed by atoms with Gasteiger partial charge in [0.1, 0.15) is 5.78 Å². The second-order valence-electron chi connectivity index (χ2n) is 2.63. The molecule has 0 radical (unpaired) electrons. The summed E-state index contributed by atoms with van der Waals surface area (Å²) in [6.45, 7) is 0. The number of carbonyl (C=O) groups excluding carboxylic acids is 2. The van der Waals surface area contributed by atoms with Gasteiger partial charge in [-0.1, -0.05) is 0 Å². The van der Waals surface area contributed by atoms with Crippen molar-refractivity contribution in [2.24, 2.45) is 5.92 Å². The Bertz CT molecular complexity index is 157. The summed E-state index contributed by atoms with van der Waals surface area (Å²) in [5.41, 5.74) is 0. The molecule has 1 fully saturated rings. The molecular weight excluding hydrogens is 139 g/mol. The molecule has 1 saturated carbocycles. The second-order valence-corrected chi connectivity index (χ2v) is 2.63. The van der Waals surface area contributed by atoms with Gasteiger partial charge in [0, 0.05) is 18.8 Å². The van der Waals surface area contributed by atoms with Crippen molar-refractivity contribution in [3.63, 3.8) is 0 Å². The van der Waals surface area contributed by atoms with Crippen molar-refractivity contribution in [3.05, 3.63) is 0 Å². The normalized spacial score (nSPS) is 19.1. The number of carboxylic acids is 1. The average molecular weight is 148 g/mol. The molecule has 0 aromatic rings. The van der Waals surface area contributed by atoms with Crippen molar-refractivity contribution in [1.29, 1.82) is 0 Å². The first-order valence-corrected chi connectivity index (χ1v) is 3.42. The molecule has 11 heavy (non-hydrogen) atoms. The Kier molecular flexibility index (Phi) is 4.47. The first-order chi connectivity index (χ1) is 4.70. The molecule has 56 valence electrons. The molecule has 0 heterocycles. The summed E-state index contributed by atoms with van der Waals surface area (Å²) in [4.78, 5) is 20.9. The molecular formula is C7H9LiO3. The summed E-state index contributed by atoms with van der Waals surface area (Å²) in [6.07, 6.45) is 1.78. The average Bonchev–Trinajstić information content (AvgIpc) is 1.88. The molecule has 0 bridgehead atoms. The zero-order chi connectivity index (χ0) is 7.56. The Morgan fingerprint density at radius 2 is 1.82 bits per heavy atom. The number of ketones is 1. The molecule has 0 N–H and O–H groups in total. The summed E-state index contributed by atoms with van der Waals surface area (Å²) < 4.78 is 0. The van der Waals surface area contributed by atoms with Crippen LogP contribution in [0.25, 0.3) is 0 Å². The van der Waals surface area contributed by atoms with Crippen LogP contribution < -0.4 is 24.0 Å². The van der Waals surface area contributed by atoms with E-state index in [1.165, 1.54) is 0 Å². The molecule has 1 rings (SSSR count). The zero-order valence-electron chi connectivity index (χ0n) is 6.63. The molecule has 0 spiro atoms. The summed E-state index contributed by atoms with van der Waals surface area (Å²) in [5, 5.41) is 10.2. The van der Waals surface area contributed by atoms with Crippen molar-refractivity contribution in [2.75, 3.05) is 0 Å². The van der Waals surface area contributed by atoms with E-state index in [4.69, 9.17) is 0 Å². The number of carboxylic acid groups (broad SMARTS) is 1. The van der Waals surface area contributed by atoms with Gasteiger partial charge in [0.25, 0.3) is 0 Å². The van der Waals surface area contributed by atoms with E-state index in [9.17, 15) is 14.7 Å². The van der Waals surface area contributed by atoms with Crippen LogP contribution in [0.4, 0.5) is 0 Å². The monoisotopic (exact) mass is 148 g/mol. The van der Waals surface area contributed by atoms with E-state index in [0.29, 0.717) is 25.7 Å². The van der Waals surface area contributed by atoms with Crippen molar-refractivity contribution in [2.45, 2.75) is 25.7 Å². The summed E-state index contributed by atoms with van der Waals surface area (Å²) >= 11 is 0. The minimum atomic E-state index is -1.01. The standard InChI is InChI=1S/C7H10O3.Li/c8-6-3-1-5(2-4-6)7(9)10;/h5H,1-4H2,(H,9,10);/q;+1/p-1. The van der Waals surface area contributed by atoms with Crippen LogP contribution in [0.1, 0.15) is 25.7 Å². The maximum atomic E-state index is 10.6. The van der Waals surface area contributed by atoms with Crippen LogP contribution in [-0.2, 0) is 9.59 Å². The van der Waals surface area contributed by atoms with Crippen molar-refractivity contribution < 1.29 is 33.6 Å². The summed E-state index contributed by atoms with van der Waals surface area (Å²) in [6, 6.07) is 0. The predicted molar refractivity (Wildman–Crippen MR) is 32.0 cm³/mol. The Balaban J connectivity index is 0.000001000. The molecule has 0 aromatic heterocycles. The van der Waals surface area contributed by atoms with Crippen LogP contribution in [-0.4, -0.2) is 11.8 Å². The molecule has 4 heteroatoms. The van der Waals surface area contributed by atoms with Gasteiger partial charge in [0.2, 0.25) is 0 Å². The quantitative estimate of drug-likeness (QED) is 0.362. The number of Topliss-reactive ketones (excluding diaryl/α,β-unsaturated/α-hetero) is 1. The molecule has 0 aromatic carbocycles. The largest absolute Gasteiger partial charge is 1.00 e.